The zero-order valence-electron chi connectivity index (χ0n) is 14.7. The molecule has 2 N–H and O–H groups in total. The number of anilines is 2. The first-order valence-corrected chi connectivity index (χ1v) is 8.02. The van der Waals surface area contributed by atoms with Gasteiger partial charge in [0, 0.05) is 26.3 Å². The van der Waals surface area contributed by atoms with E-state index >= 15 is 0 Å². The number of urea groups is 1. The van der Waals surface area contributed by atoms with Crippen molar-refractivity contribution in [2.75, 3.05) is 24.3 Å². The summed E-state index contributed by atoms with van der Waals surface area (Å²) in [6.45, 7) is 4.37. The number of nitrogens with zero attached hydrogens (tertiary/aromatic N) is 1. The molecule has 0 spiro atoms. The van der Waals surface area contributed by atoms with Crippen molar-refractivity contribution in [3.05, 3.63) is 54.1 Å². The van der Waals surface area contributed by atoms with Crippen LogP contribution < -0.4 is 20.3 Å². The second kappa shape index (κ2) is 8.24. The molecule has 0 atom stereocenters. The minimum absolute atomic E-state index is 0.0474. The Morgan fingerprint density at radius 3 is 2.38 bits per heavy atom. The van der Waals surface area contributed by atoms with Crippen LogP contribution in [0, 0.1) is 0 Å². The number of hydrogen-bond donors (Lipinski definition) is 2. The lowest BCUT2D eigenvalue weighted by Crippen LogP contribution is -2.28. The molecule has 0 fully saturated rings. The third-order valence-corrected chi connectivity index (χ3v) is 3.40. The number of carbonyl (C=O) groups is 1. The number of carbonyl (C=O) groups excluding carboxylic acids is 1. The van der Waals surface area contributed by atoms with Gasteiger partial charge >= 0.3 is 6.03 Å². The summed E-state index contributed by atoms with van der Waals surface area (Å²) in [6.07, 6.45) is 0.0474. The van der Waals surface area contributed by atoms with Crippen LogP contribution in [0.15, 0.2) is 48.5 Å². The van der Waals surface area contributed by atoms with E-state index in [-0.39, 0.29) is 12.1 Å². The fraction of sp³-hybridized carbons (Fsp3) is 0.316. The summed E-state index contributed by atoms with van der Waals surface area (Å²) in [4.78, 5) is 14.2. The maximum Gasteiger partial charge on any atom is 0.319 e. The molecule has 5 heteroatoms. The molecule has 24 heavy (non-hydrogen) atoms. The van der Waals surface area contributed by atoms with E-state index in [2.05, 4.69) is 10.6 Å². The first-order valence-electron chi connectivity index (χ1n) is 8.02. The van der Waals surface area contributed by atoms with E-state index in [0.29, 0.717) is 18.0 Å². The van der Waals surface area contributed by atoms with E-state index in [9.17, 15) is 4.79 Å². The molecular formula is C19H25N3O2. The van der Waals surface area contributed by atoms with E-state index < -0.39 is 0 Å². The van der Waals surface area contributed by atoms with Gasteiger partial charge in [0.1, 0.15) is 5.75 Å². The van der Waals surface area contributed by atoms with Gasteiger partial charge in [0.15, 0.2) is 0 Å². The fourth-order valence-corrected chi connectivity index (χ4v) is 2.19. The van der Waals surface area contributed by atoms with Crippen molar-refractivity contribution in [2.45, 2.75) is 26.5 Å². The third-order valence-electron chi connectivity index (χ3n) is 3.40. The van der Waals surface area contributed by atoms with Crippen molar-refractivity contribution in [1.29, 1.82) is 0 Å². The summed E-state index contributed by atoms with van der Waals surface area (Å²) in [5.41, 5.74) is 2.83. The molecule has 2 aromatic rings. The summed E-state index contributed by atoms with van der Waals surface area (Å²) < 4.78 is 5.70. The number of ether oxygens (including phenoxy) is 1. The van der Waals surface area contributed by atoms with Gasteiger partial charge in [-0.2, -0.15) is 0 Å². The Hall–Kier alpha value is -2.69. The molecule has 0 aliphatic heterocycles. The summed E-state index contributed by atoms with van der Waals surface area (Å²) in [7, 11) is 3.99. The Morgan fingerprint density at radius 1 is 1.08 bits per heavy atom. The monoisotopic (exact) mass is 327 g/mol. The fourth-order valence-electron chi connectivity index (χ4n) is 2.19. The minimum atomic E-state index is -0.258. The van der Waals surface area contributed by atoms with Gasteiger partial charge in [-0.1, -0.05) is 24.3 Å². The van der Waals surface area contributed by atoms with Crippen molar-refractivity contribution in [2.24, 2.45) is 0 Å². The zero-order valence-corrected chi connectivity index (χ0v) is 14.7. The van der Waals surface area contributed by atoms with Crippen molar-refractivity contribution < 1.29 is 9.53 Å². The van der Waals surface area contributed by atoms with E-state index in [1.807, 2.05) is 81.4 Å². The smallest absolute Gasteiger partial charge is 0.319 e. The molecule has 0 aromatic heterocycles. The number of hydrogen-bond acceptors (Lipinski definition) is 3. The Labute approximate surface area is 143 Å². The van der Waals surface area contributed by atoms with Crippen LogP contribution in [0.2, 0.25) is 0 Å². The maximum absolute atomic E-state index is 12.1. The molecule has 0 saturated heterocycles. The molecule has 0 aliphatic carbocycles. The Balaban J connectivity index is 1.92. The predicted molar refractivity (Wildman–Crippen MR) is 98.8 cm³/mol. The van der Waals surface area contributed by atoms with Crippen LogP contribution in [0.5, 0.6) is 5.75 Å². The van der Waals surface area contributed by atoms with Gasteiger partial charge in [0.05, 0.1) is 11.8 Å². The highest BCUT2D eigenvalue weighted by molar-refractivity contribution is 5.90. The molecule has 0 saturated carbocycles. The van der Waals surface area contributed by atoms with Gasteiger partial charge in [-0.3, -0.25) is 0 Å². The van der Waals surface area contributed by atoms with Gasteiger partial charge in [-0.15, -0.1) is 0 Å². The lowest BCUT2D eigenvalue weighted by atomic mass is 10.2. The summed E-state index contributed by atoms with van der Waals surface area (Å²) in [5, 5.41) is 5.69. The molecule has 0 aliphatic rings. The van der Waals surface area contributed by atoms with E-state index in [1.54, 1.807) is 0 Å². The standard InChI is InChI=1S/C19H25N3O2/c1-14(2)24-18-8-6-5-7-17(18)21-19(23)20-13-15-9-11-16(12-10-15)22(3)4/h5-12,14H,13H2,1-4H3,(H2,20,21,23). The molecule has 0 unspecified atom stereocenters. The first-order chi connectivity index (χ1) is 11.5. The van der Waals surface area contributed by atoms with Gasteiger partial charge in [0.25, 0.3) is 0 Å². The van der Waals surface area contributed by atoms with Gasteiger partial charge in [-0.05, 0) is 43.7 Å². The van der Waals surface area contributed by atoms with Gasteiger partial charge in [0.2, 0.25) is 0 Å². The van der Waals surface area contributed by atoms with E-state index in [1.165, 1.54) is 0 Å². The minimum Gasteiger partial charge on any atom is -0.489 e. The van der Waals surface area contributed by atoms with Gasteiger partial charge in [-0.25, -0.2) is 4.79 Å². The van der Waals surface area contributed by atoms with Crippen molar-refractivity contribution in [3.63, 3.8) is 0 Å². The third kappa shape index (κ3) is 5.19. The Morgan fingerprint density at radius 2 is 1.75 bits per heavy atom. The van der Waals surface area contributed by atoms with Gasteiger partial charge < -0.3 is 20.3 Å². The van der Waals surface area contributed by atoms with Crippen LogP contribution in [0.3, 0.4) is 0 Å². The lowest BCUT2D eigenvalue weighted by Gasteiger charge is -2.15. The Bertz CT molecular complexity index is 667. The second-order valence-electron chi connectivity index (χ2n) is 6.03. The number of amides is 2. The number of benzene rings is 2. The molecule has 2 amide bonds. The van der Waals surface area contributed by atoms with Crippen molar-refractivity contribution >= 4 is 17.4 Å². The second-order valence-corrected chi connectivity index (χ2v) is 6.03. The van der Waals surface area contributed by atoms with E-state index in [0.717, 1.165) is 11.3 Å². The number of nitrogens with one attached hydrogen (secondary N) is 2. The van der Waals surface area contributed by atoms with Crippen LogP contribution in [-0.4, -0.2) is 26.2 Å². The van der Waals surface area contributed by atoms with Crippen LogP contribution >= 0.6 is 0 Å². The first kappa shape index (κ1) is 17.7. The topological polar surface area (TPSA) is 53.6 Å². The molecule has 128 valence electrons. The molecule has 0 radical (unpaired) electrons. The van der Waals surface area contributed by atoms with Crippen LogP contribution in [0.25, 0.3) is 0 Å². The molecule has 2 aromatic carbocycles. The average molecular weight is 327 g/mol. The molecule has 5 nitrogen and oxygen atoms in total. The summed E-state index contributed by atoms with van der Waals surface area (Å²) >= 11 is 0. The highest BCUT2D eigenvalue weighted by Gasteiger charge is 2.08. The van der Waals surface area contributed by atoms with Crippen LogP contribution in [0.4, 0.5) is 16.2 Å². The maximum atomic E-state index is 12.1. The highest BCUT2D eigenvalue weighted by atomic mass is 16.5. The molecular weight excluding hydrogens is 302 g/mol. The quantitative estimate of drug-likeness (QED) is 0.847. The summed E-state index contributed by atoms with van der Waals surface area (Å²) in [5.74, 6) is 0.665. The molecule has 0 heterocycles. The SMILES string of the molecule is CC(C)Oc1ccccc1NC(=O)NCc1ccc(N(C)C)cc1. The van der Waals surface area contributed by atoms with Crippen LogP contribution in [-0.2, 0) is 6.54 Å². The number of para-hydroxylation sites is 2. The molecule has 0 bridgehead atoms. The number of rotatable bonds is 6. The predicted octanol–water partition coefficient (Wildman–Crippen LogP) is 3.86. The van der Waals surface area contributed by atoms with E-state index in [4.69, 9.17) is 4.74 Å². The van der Waals surface area contributed by atoms with Crippen LogP contribution in [0.1, 0.15) is 19.4 Å². The lowest BCUT2D eigenvalue weighted by molar-refractivity contribution is 0.241. The summed E-state index contributed by atoms with van der Waals surface area (Å²) in [6, 6.07) is 15.2. The highest BCUT2D eigenvalue weighted by Crippen LogP contribution is 2.24. The molecule has 2 rings (SSSR count). The van der Waals surface area contributed by atoms with Crippen molar-refractivity contribution in [3.8, 4) is 5.75 Å². The van der Waals surface area contributed by atoms with Crippen molar-refractivity contribution in [1.82, 2.24) is 5.32 Å². The largest absolute Gasteiger partial charge is 0.489 e. The average Bonchev–Trinajstić information content (AvgIpc) is 2.54. The Kier molecular flexibility index (Phi) is 6.07. The normalized spacial score (nSPS) is 10.4. The zero-order chi connectivity index (χ0) is 17.5.